The Bertz CT molecular complexity index is 700. The number of carbonyl (C=O) groups excluding carboxylic acids is 1. The molecule has 0 aliphatic heterocycles. The van der Waals surface area contributed by atoms with Crippen molar-refractivity contribution in [3.8, 4) is 5.75 Å². The summed E-state index contributed by atoms with van der Waals surface area (Å²) in [7, 11) is 1.41. The van der Waals surface area contributed by atoms with Crippen molar-refractivity contribution in [3.05, 3.63) is 54.1 Å². The Morgan fingerprint density at radius 1 is 1.14 bits per heavy atom. The number of anilines is 2. The van der Waals surface area contributed by atoms with Crippen LogP contribution in [0.5, 0.6) is 5.75 Å². The van der Waals surface area contributed by atoms with Gasteiger partial charge in [-0.15, -0.1) is 0 Å². The first-order chi connectivity index (χ1) is 10.5. The Labute approximate surface area is 127 Å². The molecule has 6 heteroatoms. The maximum atomic E-state index is 11.8. The molecule has 0 unspecified atom stereocenters. The number of hydrogen-bond acceptors (Lipinski definition) is 3. The average Bonchev–Trinajstić information content (AvgIpc) is 2.46. The fraction of sp³-hybridized carbons (Fsp3) is 0.125. The van der Waals surface area contributed by atoms with Crippen molar-refractivity contribution in [3.63, 3.8) is 0 Å². The molecule has 0 radical (unpaired) electrons. The van der Waals surface area contributed by atoms with Crippen molar-refractivity contribution < 1.29 is 19.4 Å². The van der Waals surface area contributed by atoms with Crippen molar-refractivity contribution in [2.45, 2.75) is 6.92 Å². The number of carbonyl (C=O) groups is 2. The summed E-state index contributed by atoms with van der Waals surface area (Å²) in [4.78, 5) is 23.8. The molecule has 0 spiro atoms. The predicted octanol–water partition coefficient (Wildman–Crippen LogP) is 3.72. The van der Waals surface area contributed by atoms with Gasteiger partial charge in [-0.25, -0.2) is 9.59 Å². The van der Waals surface area contributed by atoms with E-state index >= 15 is 0 Å². The standard InChI is InChI=1S/C16H16N2O4/c1-11-5-3-6-12(9-11)17-15(19)22-14-8-4-7-13(10-14)18(2)16(20)21/h3-10H,1-2H3,(H,17,19)(H,20,21). The Morgan fingerprint density at radius 2 is 1.86 bits per heavy atom. The molecular weight excluding hydrogens is 284 g/mol. The molecule has 0 atom stereocenters. The number of rotatable bonds is 3. The summed E-state index contributed by atoms with van der Waals surface area (Å²) in [5, 5.41) is 11.5. The number of benzene rings is 2. The van der Waals surface area contributed by atoms with E-state index in [4.69, 9.17) is 9.84 Å². The van der Waals surface area contributed by atoms with Gasteiger partial charge in [0.25, 0.3) is 0 Å². The summed E-state index contributed by atoms with van der Waals surface area (Å²) in [5.41, 5.74) is 2.06. The van der Waals surface area contributed by atoms with Gasteiger partial charge in [0, 0.05) is 18.8 Å². The fourth-order valence-corrected chi connectivity index (χ4v) is 1.84. The first-order valence-corrected chi connectivity index (χ1v) is 6.58. The van der Waals surface area contributed by atoms with Gasteiger partial charge in [0.2, 0.25) is 0 Å². The van der Waals surface area contributed by atoms with E-state index < -0.39 is 12.2 Å². The molecule has 0 fully saturated rings. The first-order valence-electron chi connectivity index (χ1n) is 6.58. The molecule has 0 aliphatic rings. The van der Waals surface area contributed by atoms with Crippen molar-refractivity contribution in [1.82, 2.24) is 0 Å². The van der Waals surface area contributed by atoms with Crippen LogP contribution in [0.2, 0.25) is 0 Å². The second kappa shape index (κ2) is 6.62. The third-order valence-corrected chi connectivity index (χ3v) is 2.97. The Kier molecular flexibility index (Phi) is 4.63. The van der Waals surface area contributed by atoms with Crippen molar-refractivity contribution in [2.75, 3.05) is 17.3 Å². The highest BCUT2D eigenvalue weighted by molar-refractivity contribution is 5.88. The van der Waals surface area contributed by atoms with Crippen molar-refractivity contribution >= 4 is 23.6 Å². The summed E-state index contributed by atoms with van der Waals surface area (Å²) in [6.45, 7) is 1.92. The van der Waals surface area contributed by atoms with E-state index in [9.17, 15) is 9.59 Å². The number of amides is 2. The molecule has 0 aromatic heterocycles. The largest absolute Gasteiger partial charge is 0.465 e. The van der Waals surface area contributed by atoms with Gasteiger partial charge in [0.05, 0.1) is 5.69 Å². The van der Waals surface area contributed by atoms with E-state index in [1.807, 2.05) is 25.1 Å². The van der Waals surface area contributed by atoms with E-state index in [1.165, 1.54) is 13.1 Å². The molecule has 6 nitrogen and oxygen atoms in total. The van der Waals surface area contributed by atoms with Gasteiger partial charge in [0.1, 0.15) is 5.75 Å². The summed E-state index contributed by atoms with van der Waals surface area (Å²) in [5.74, 6) is 0.260. The highest BCUT2D eigenvalue weighted by Gasteiger charge is 2.11. The van der Waals surface area contributed by atoms with Crippen LogP contribution in [-0.2, 0) is 0 Å². The van der Waals surface area contributed by atoms with Gasteiger partial charge in [-0.1, -0.05) is 18.2 Å². The van der Waals surface area contributed by atoms with E-state index in [0.717, 1.165) is 10.5 Å². The van der Waals surface area contributed by atoms with Crippen LogP contribution in [0, 0.1) is 6.92 Å². The van der Waals surface area contributed by atoms with Crippen molar-refractivity contribution in [1.29, 1.82) is 0 Å². The van der Waals surface area contributed by atoms with Crippen LogP contribution in [0.1, 0.15) is 5.56 Å². The van der Waals surface area contributed by atoms with Gasteiger partial charge in [-0.2, -0.15) is 0 Å². The minimum atomic E-state index is -1.10. The SMILES string of the molecule is Cc1cccc(NC(=O)Oc2cccc(N(C)C(=O)O)c2)c1. The number of nitrogens with zero attached hydrogens (tertiary/aromatic N) is 1. The molecule has 0 saturated heterocycles. The second-order valence-corrected chi connectivity index (χ2v) is 4.72. The molecular formula is C16H16N2O4. The molecule has 0 bridgehead atoms. The number of aryl methyl sites for hydroxylation is 1. The smallest absolute Gasteiger partial charge is 0.417 e. The zero-order chi connectivity index (χ0) is 16.1. The number of carboxylic acid groups (broad SMARTS) is 1. The van der Waals surface area contributed by atoms with Crippen LogP contribution < -0.4 is 15.0 Å². The zero-order valence-corrected chi connectivity index (χ0v) is 12.2. The van der Waals surface area contributed by atoms with Crippen LogP contribution >= 0.6 is 0 Å². The Morgan fingerprint density at radius 3 is 2.55 bits per heavy atom. The van der Waals surface area contributed by atoms with E-state index in [-0.39, 0.29) is 5.75 Å². The molecule has 0 aliphatic carbocycles. The lowest BCUT2D eigenvalue weighted by atomic mass is 10.2. The minimum absolute atomic E-state index is 0.260. The number of ether oxygens (including phenoxy) is 1. The molecule has 2 aromatic carbocycles. The normalized spacial score (nSPS) is 9.91. The third-order valence-electron chi connectivity index (χ3n) is 2.97. The highest BCUT2D eigenvalue weighted by Crippen LogP contribution is 2.21. The summed E-state index contributed by atoms with van der Waals surface area (Å²) >= 11 is 0. The predicted molar refractivity (Wildman–Crippen MR) is 83.7 cm³/mol. The fourth-order valence-electron chi connectivity index (χ4n) is 1.84. The Balaban J connectivity index is 2.05. The maximum absolute atomic E-state index is 11.8. The van der Waals surface area contributed by atoms with Crippen LogP contribution in [0.25, 0.3) is 0 Å². The average molecular weight is 300 g/mol. The van der Waals surface area contributed by atoms with E-state index in [1.54, 1.807) is 24.3 Å². The van der Waals surface area contributed by atoms with E-state index in [0.29, 0.717) is 11.4 Å². The minimum Gasteiger partial charge on any atom is -0.465 e. The molecule has 2 amide bonds. The lowest BCUT2D eigenvalue weighted by molar-refractivity contribution is 0.203. The monoisotopic (exact) mass is 300 g/mol. The summed E-state index contributed by atoms with van der Waals surface area (Å²) < 4.78 is 5.16. The van der Waals surface area contributed by atoms with Gasteiger partial charge < -0.3 is 9.84 Å². The topological polar surface area (TPSA) is 78.9 Å². The second-order valence-electron chi connectivity index (χ2n) is 4.72. The van der Waals surface area contributed by atoms with Crippen molar-refractivity contribution in [2.24, 2.45) is 0 Å². The summed E-state index contributed by atoms with van der Waals surface area (Å²) in [6.07, 6.45) is -1.73. The van der Waals surface area contributed by atoms with Crippen LogP contribution in [0.3, 0.4) is 0 Å². The van der Waals surface area contributed by atoms with Gasteiger partial charge in [-0.05, 0) is 36.8 Å². The van der Waals surface area contributed by atoms with Crippen LogP contribution in [-0.4, -0.2) is 24.3 Å². The van der Waals surface area contributed by atoms with Gasteiger partial charge >= 0.3 is 12.2 Å². The summed E-state index contributed by atoms with van der Waals surface area (Å²) in [6, 6.07) is 13.6. The molecule has 2 rings (SSSR count). The van der Waals surface area contributed by atoms with Crippen LogP contribution in [0.4, 0.5) is 21.0 Å². The van der Waals surface area contributed by atoms with E-state index in [2.05, 4.69) is 5.32 Å². The third kappa shape index (κ3) is 3.99. The molecule has 22 heavy (non-hydrogen) atoms. The molecule has 2 aromatic rings. The molecule has 0 saturated carbocycles. The van der Waals surface area contributed by atoms with Gasteiger partial charge in [-0.3, -0.25) is 10.2 Å². The quantitative estimate of drug-likeness (QED) is 0.905. The van der Waals surface area contributed by atoms with Crippen LogP contribution in [0.15, 0.2) is 48.5 Å². The van der Waals surface area contributed by atoms with Gasteiger partial charge in [0.15, 0.2) is 0 Å². The lowest BCUT2D eigenvalue weighted by Gasteiger charge is -2.14. The first kappa shape index (κ1) is 15.4. The highest BCUT2D eigenvalue weighted by atomic mass is 16.6. The molecule has 0 heterocycles. The molecule has 114 valence electrons. The Hall–Kier alpha value is -3.02. The number of hydrogen-bond donors (Lipinski definition) is 2. The number of nitrogens with one attached hydrogen (secondary N) is 1. The molecule has 2 N–H and O–H groups in total. The lowest BCUT2D eigenvalue weighted by Crippen LogP contribution is -2.23. The maximum Gasteiger partial charge on any atom is 0.417 e. The zero-order valence-electron chi connectivity index (χ0n) is 12.2.